The minimum absolute atomic E-state index is 0. The van der Waals surface area contributed by atoms with Crippen LogP contribution < -0.4 is 0 Å². The third kappa shape index (κ3) is 5.39. The molecule has 0 bridgehead atoms. The first-order valence-corrected chi connectivity index (χ1v) is 8.79. The first kappa shape index (κ1) is 21.6. The molecule has 1 saturated carbocycles. The second-order valence-electron chi connectivity index (χ2n) is 7.16. The van der Waals surface area contributed by atoms with Crippen LogP contribution in [-0.4, -0.2) is 0 Å². The third-order valence-electron chi connectivity index (χ3n) is 5.17. The Morgan fingerprint density at radius 2 is 1.42 bits per heavy atom. The molecule has 1 fully saturated rings. The molecular weight excluding hydrogens is 417 g/mol. The van der Waals surface area contributed by atoms with E-state index in [2.05, 4.69) is 6.92 Å². The molecule has 0 nitrogen and oxygen atoms in total. The molecule has 5 heteroatoms. The first-order chi connectivity index (χ1) is 11.9. The summed E-state index contributed by atoms with van der Waals surface area (Å²) in [6.45, 7) is 2.26. The number of benzene rings is 2. The molecular formula is C21H21F4Y-. The maximum Gasteiger partial charge on any atom is 0.132 e. The van der Waals surface area contributed by atoms with Gasteiger partial charge in [-0.25, -0.2) is 17.6 Å². The van der Waals surface area contributed by atoms with Crippen molar-refractivity contribution in [1.29, 1.82) is 0 Å². The molecule has 0 heterocycles. The second kappa shape index (κ2) is 9.46. The summed E-state index contributed by atoms with van der Waals surface area (Å²) in [5.41, 5.74) is 0.0272. The van der Waals surface area contributed by atoms with E-state index < -0.39 is 28.8 Å². The number of hydrogen-bond acceptors (Lipinski definition) is 0. The summed E-state index contributed by atoms with van der Waals surface area (Å²) in [7, 11) is 0. The predicted octanol–water partition coefficient (Wildman–Crippen LogP) is 6.47. The van der Waals surface area contributed by atoms with E-state index in [-0.39, 0.29) is 38.3 Å². The Labute approximate surface area is 177 Å². The molecule has 1 aliphatic rings. The molecule has 0 aromatic heterocycles. The fourth-order valence-electron chi connectivity index (χ4n) is 3.68. The molecule has 0 spiro atoms. The normalized spacial score (nSPS) is 19.9. The molecule has 1 aliphatic carbocycles. The molecule has 0 N–H and O–H groups in total. The molecule has 26 heavy (non-hydrogen) atoms. The van der Waals surface area contributed by atoms with Crippen molar-refractivity contribution in [2.24, 2.45) is 11.8 Å². The van der Waals surface area contributed by atoms with Crippen LogP contribution in [0.15, 0.2) is 24.3 Å². The molecule has 1 radical (unpaired) electrons. The number of halogens is 4. The Morgan fingerprint density at radius 3 is 1.96 bits per heavy atom. The van der Waals surface area contributed by atoms with Crippen molar-refractivity contribution in [3.05, 3.63) is 59.2 Å². The van der Waals surface area contributed by atoms with Crippen LogP contribution in [-0.2, 0) is 39.1 Å². The van der Waals surface area contributed by atoms with Gasteiger partial charge in [0.1, 0.15) is 11.6 Å². The van der Waals surface area contributed by atoms with Gasteiger partial charge in [0.25, 0.3) is 0 Å². The molecule has 2 aromatic carbocycles. The van der Waals surface area contributed by atoms with E-state index in [0.29, 0.717) is 17.9 Å². The van der Waals surface area contributed by atoms with E-state index >= 15 is 0 Å². The number of rotatable bonds is 4. The van der Waals surface area contributed by atoms with Crippen molar-refractivity contribution < 1.29 is 50.3 Å². The van der Waals surface area contributed by atoms with E-state index in [4.69, 9.17) is 0 Å². The van der Waals surface area contributed by atoms with Crippen molar-refractivity contribution >= 4 is 0 Å². The van der Waals surface area contributed by atoms with Crippen molar-refractivity contribution in [3.63, 3.8) is 0 Å². The van der Waals surface area contributed by atoms with Crippen molar-refractivity contribution in [2.45, 2.75) is 45.4 Å². The maximum atomic E-state index is 14.4. The smallest absolute Gasteiger partial charge is 0.132 e. The van der Waals surface area contributed by atoms with E-state index in [9.17, 15) is 17.6 Å². The summed E-state index contributed by atoms with van der Waals surface area (Å²) in [6, 6.07) is 6.13. The molecule has 0 amide bonds. The van der Waals surface area contributed by atoms with Crippen LogP contribution in [0.2, 0.25) is 0 Å². The van der Waals surface area contributed by atoms with E-state index in [1.165, 1.54) is 37.8 Å². The average Bonchev–Trinajstić information content (AvgIpc) is 2.53. The molecule has 137 valence electrons. The molecule has 0 atom stereocenters. The average molecular weight is 438 g/mol. The fraction of sp³-hybridized carbons (Fsp3) is 0.429. The third-order valence-corrected chi connectivity index (χ3v) is 5.17. The molecule has 0 unspecified atom stereocenters. The van der Waals surface area contributed by atoms with Gasteiger partial charge in [0.15, 0.2) is 0 Å². The Balaban J connectivity index is 0.00000243. The molecule has 0 aliphatic heterocycles. The summed E-state index contributed by atoms with van der Waals surface area (Å²) in [5, 5.41) is 0. The monoisotopic (exact) mass is 438 g/mol. The second-order valence-corrected chi connectivity index (χ2v) is 7.16. The van der Waals surface area contributed by atoms with Gasteiger partial charge in [-0.2, -0.15) is 0 Å². The van der Waals surface area contributed by atoms with Crippen LogP contribution >= 0.6 is 0 Å². The van der Waals surface area contributed by atoms with Gasteiger partial charge in [-0.15, -0.1) is 23.8 Å². The van der Waals surface area contributed by atoms with E-state index in [1.807, 2.05) is 6.07 Å². The van der Waals surface area contributed by atoms with Gasteiger partial charge in [0.05, 0.1) is 0 Å². The van der Waals surface area contributed by atoms with Crippen LogP contribution in [0.1, 0.15) is 44.6 Å². The Bertz CT molecular complexity index is 708. The van der Waals surface area contributed by atoms with E-state index in [1.54, 1.807) is 0 Å². The molecule has 0 saturated heterocycles. The Hall–Kier alpha value is -0.736. The van der Waals surface area contributed by atoms with Crippen LogP contribution in [0, 0.1) is 41.2 Å². The van der Waals surface area contributed by atoms with Crippen LogP contribution in [0.4, 0.5) is 17.6 Å². The summed E-state index contributed by atoms with van der Waals surface area (Å²) in [4.78, 5) is 0. The topological polar surface area (TPSA) is 0 Å². The first-order valence-electron chi connectivity index (χ1n) is 8.79. The Kier molecular flexibility index (Phi) is 7.84. The van der Waals surface area contributed by atoms with Crippen molar-refractivity contribution in [1.82, 2.24) is 0 Å². The van der Waals surface area contributed by atoms with Gasteiger partial charge in [0, 0.05) is 49.9 Å². The zero-order valence-corrected chi connectivity index (χ0v) is 17.6. The zero-order valence-electron chi connectivity index (χ0n) is 14.8. The quantitative estimate of drug-likeness (QED) is 0.379. The van der Waals surface area contributed by atoms with Gasteiger partial charge in [-0.05, 0) is 42.4 Å². The largest absolute Gasteiger partial charge is 0.236 e. The summed E-state index contributed by atoms with van der Waals surface area (Å²) >= 11 is 0. The Morgan fingerprint density at radius 1 is 0.885 bits per heavy atom. The van der Waals surface area contributed by atoms with E-state index in [0.717, 1.165) is 24.5 Å². The molecule has 3 rings (SSSR count). The van der Waals surface area contributed by atoms with Gasteiger partial charge < -0.3 is 0 Å². The van der Waals surface area contributed by atoms with Crippen molar-refractivity contribution in [2.75, 3.05) is 0 Å². The van der Waals surface area contributed by atoms with Gasteiger partial charge >= 0.3 is 0 Å². The van der Waals surface area contributed by atoms with Gasteiger partial charge in [-0.1, -0.05) is 32.6 Å². The van der Waals surface area contributed by atoms with Gasteiger partial charge in [0.2, 0.25) is 0 Å². The fourth-order valence-corrected chi connectivity index (χ4v) is 3.68. The zero-order chi connectivity index (χ0) is 18.0. The summed E-state index contributed by atoms with van der Waals surface area (Å²) < 4.78 is 55.3. The molecule has 2 aromatic rings. The van der Waals surface area contributed by atoms with Crippen molar-refractivity contribution in [3.8, 4) is 11.1 Å². The summed E-state index contributed by atoms with van der Waals surface area (Å²) in [6.07, 6.45) is 6.29. The van der Waals surface area contributed by atoms with Crippen LogP contribution in [0.5, 0.6) is 0 Å². The summed E-state index contributed by atoms with van der Waals surface area (Å²) in [5.74, 6) is -2.17. The maximum absolute atomic E-state index is 14.4. The predicted molar refractivity (Wildman–Crippen MR) is 90.0 cm³/mol. The standard InChI is InChI=1S/C21H21F4.Y/c1-13-2-4-14(5-3-13)6-7-15-8-19(24)21(20(25)9-15)16-10-17(22)12-18(23)11-16;/h8-11,13-14H,2-7H2,1H3;/q-1;. The SMILES string of the molecule is CC1CCC(CCc2cc(F)c(-c3cc(F)[c-]c(F)c3)c(F)c2)CC1.[Y]. The van der Waals surface area contributed by atoms with Crippen LogP contribution in [0.25, 0.3) is 11.1 Å². The van der Waals surface area contributed by atoms with Crippen LogP contribution in [0.3, 0.4) is 0 Å². The minimum atomic E-state index is -0.982. The number of aryl methyl sites for hydroxylation is 1. The van der Waals surface area contributed by atoms with Gasteiger partial charge in [-0.3, -0.25) is 0 Å². The number of hydrogen-bond donors (Lipinski definition) is 0. The minimum Gasteiger partial charge on any atom is -0.236 e.